The second kappa shape index (κ2) is 12.3. The summed E-state index contributed by atoms with van der Waals surface area (Å²) in [6.07, 6.45) is 0. The lowest BCUT2D eigenvalue weighted by atomic mass is 9.76. The maximum atomic E-state index is 8.88. The van der Waals surface area contributed by atoms with E-state index in [0.717, 1.165) is 11.1 Å². The zero-order valence-corrected chi connectivity index (χ0v) is 10.7. The van der Waals surface area contributed by atoms with E-state index in [1.807, 2.05) is 53.7 Å². The molecular formula is C13H27BO2. The van der Waals surface area contributed by atoms with Crippen LogP contribution >= 0.6 is 0 Å². The lowest BCUT2D eigenvalue weighted by Gasteiger charge is -2.05. The van der Waals surface area contributed by atoms with Crippen LogP contribution in [0.2, 0.25) is 0 Å². The minimum atomic E-state index is -1.35. The fraction of sp³-hybridized carbons (Fsp3) is 0.538. The molecule has 0 amide bonds. The standard InChI is InChI=1S/C8H11BO2.2C2H6.CH4/c1-6-4-3-5-8(7(6)2)9(10)11;2*1-2;/h3-5,10-11H,1-2H3;2*1-2H3;1H4. The predicted octanol–water partition coefficient (Wildman–Crippen LogP) is 2.67. The second-order valence-corrected chi connectivity index (χ2v) is 2.66. The number of hydrogen-bond donors (Lipinski definition) is 2. The van der Waals surface area contributed by atoms with E-state index in [1.165, 1.54) is 0 Å². The summed E-state index contributed by atoms with van der Waals surface area (Å²) in [5.41, 5.74) is 2.61. The molecule has 0 aliphatic rings. The van der Waals surface area contributed by atoms with Gasteiger partial charge in [-0.1, -0.05) is 53.3 Å². The minimum Gasteiger partial charge on any atom is -0.423 e. The van der Waals surface area contributed by atoms with Gasteiger partial charge in [0.2, 0.25) is 0 Å². The lowest BCUT2D eigenvalue weighted by molar-refractivity contribution is 0.425. The molecule has 0 aromatic heterocycles. The summed E-state index contributed by atoms with van der Waals surface area (Å²) in [6.45, 7) is 11.8. The Kier molecular flexibility index (Phi) is 15.8. The van der Waals surface area contributed by atoms with Crippen LogP contribution in [0.4, 0.5) is 0 Å². The van der Waals surface area contributed by atoms with E-state index in [9.17, 15) is 0 Å². The van der Waals surface area contributed by atoms with Crippen molar-refractivity contribution in [3.05, 3.63) is 29.3 Å². The van der Waals surface area contributed by atoms with Crippen molar-refractivity contribution >= 4 is 12.6 Å². The Morgan fingerprint density at radius 3 is 1.69 bits per heavy atom. The zero-order valence-electron chi connectivity index (χ0n) is 10.7. The highest BCUT2D eigenvalue weighted by Gasteiger charge is 2.13. The molecule has 0 unspecified atom stereocenters. The second-order valence-electron chi connectivity index (χ2n) is 2.66. The van der Waals surface area contributed by atoms with E-state index in [0.29, 0.717) is 5.46 Å². The fourth-order valence-electron chi connectivity index (χ4n) is 1.05. The molecule has 0 bridgehead atoms. The van der Waals surface area contributed by atoms with Crippen LogP contribution in [0.3, 0.4) is 0 Å². The van der Waals surface area contributed by atoms with Crippen molar-refractivity contribution in [3.63, 3.8) is 0 Å². The van der Waals surface area contributed by atoms with Crippen LogP contribution in [0.15, 0.2) is 18.2 Å². The van der Waals surface area contributed by atoms with Gasteiger partial charge in [0.15, 0.2) is 0 Å². The SMILES string of the molecule is C.CC.CC.Cc1cccc(B(O)O)c1C. The van der Waals surface area contributed by atoms with Crippen molar-refractivity contribution in [2.45, 2.75) is 49.0 Å². The van der Waals surface area contributed by atoms with Gasteiger partial charge in [0, 0.05) is 0 Å². The van der Waals surface area contributed by atoms with Crippen LogP contribution in [0, 0.1) is 13.8 Å². The van der Waals surface area contributed by atoms with E-state index in [1.54, 1.807) is 6.07 Å². The maximum Gasteiger partial charge on any atom is 0.488 e. The van der Waals surface area contributed by atoms with Crippen molar-refractivity contribution in [3.8, 4) is 0 Å². The third-order valence-electron chi connectivity index (χ3n) is 1.92. The lowest BCUT2D eigenvalue weighted by Crippen LogP contribution is -2.32. The molecule has 0 spiro atoms. The molecule has 0 aliphatic heterocycles. The molecule has 0 heterocycles. The normalized spacial score (nSPS) is 7.50. The van der Waals surface area contributed by atoms with Crippen molar-refractivity contribution in [2.24, 2.45) is 0 Å². The largest absolute Gasteiger partial charge is 0.488 e. The number of rotatable bonds is 1. The fourth-order valence-corrected chi connectivity index (χ4v) is 1.05. The van der Waals surface area contributed by atoms with Gasteiger partial charge in [-0.25, -0.2) is 0 Å². The third kappa shape index (κ3) is 6.65. The van der Waals surface area contributed by atoms with Crippen molar-refractivity contribution in [1.29, 1.82) is 0 Å². The Labute approximate surface area is 101 Å². The molecule has 2 N–H and O–H groups in total. The van der Waals surface area contributed by atoms with Crippen LogP contribution in [0.5, 0.6) is 0 Å². The molecule has 1 rings (SSSR count). The Morgan fingerprint density at radius 2 is 1.38 bits per heavy atom. The van der Waals surface area contributed by atoms with Gasteiger partial charge in [0.1, 0.15) is 0 Å². The summed E-state index contributed by atoms with van der Waals surface area (Å²) < 4.78 is 0. The smallest absolute Gasteiger partial charge is 0.423 e. The van der Waals surface area contributed by atoms with E-state index in [-0.39, 0.29) is 7.43 Å². The van der Waals surface area contributed by atoms with Gasteiger partial charge in [-0.05, 0) is 30.4 Å². The molecule has 2 nitrogen and oxygen atoms in total. The summed E-state index contributed by atoms with van der Waals surface area (Å²) in [4.78, 5) is 0. The molecule has 0 saturated carbocycles. The van der Waals surface area contributed by atoms with Crippen molar-refractivity contribution < 1.29 is 10.0 Å². The van der Waals surface area contributed by atoms with Gasteiger partial charge in [-0.3, -0.25) is 0 Å². The highest BCUT2D eigenvalue weighted by Crippen LogP contribution is 2.02. The first-order valence-electron chi connectivity index (χ1n) is 5.55. The van der Waals surface area contributed by atoms with Gasteiger partial charge in [0.25, 0.3) is 0 Å². The van der Waals surface area contributed by atoms with Crippen LogP contribution in [-0.4, -0.2) is 17.2 Å². The van der Waals surface area contributed by atoms with Crippen molar-refractivity contribution in [2.75, 3.05) is 0 Å². The molecule has 1 aromatic rings. The Balaban J connectivity index is -0.000000305. The average molecular weight is 226 g/mol. The number of benzene rings is 1. The molecule has 0 saturated heterocycles. The Bertz CT molecular complexity index is 260. The molecule has 0 aliphatic carbocycles. The third-order valence-corrected chi connectivity index (χ3v) is 1.92. The van der Waals surface area contributed by atoms with E-state index in [4.69, 9.17) is 10.0 Å². The predicted molar refractivity (Wildman–Crippen MR) is 75.2 cm³/mol. The highest BCUT2D eigenvalue weighted by molar-refractivity contribution is 6.59. The number of hydrogen-bond acceptors (Lipinski definition) is 2. The molecule has 16 heavy (non-hydrogen) atoms. The van der Waals surface area contributed by atoms with Crippen LogP contribution in [0.1, 0.15) is 46.2 Å². The minimum absolute atomic E-state index is 0. The zero-order chi connectivity index (χ0) is 12.4. The van der Waals surface area contributed by atoms with E-state index in [2.05, 4.69) is 0 Å². The highest BCUT2D eigenvalue weighted by atomic mass is 16.4. The summed E-state index contributed by atoms with van der Waals surface area (Å²) in [7, 11) is -1.35. The van der Waals surface area contributed by atoms with Crippen molar-refractivity contribution in [1.82, 2.24) is 0 Å². The van der Waals surface area contributed by atoms with Gasteiger partial charge in [0.05, 0.1) is 0 Å². The topological polar surface area (TPSA) is 40.5 Å². The van der Waals surface area contributed by atoms with Gasteiger partial charge in [-0.15, -0.1) is 0 Å². The van der Waals surface area contributed by atoms with E-state index < -0.39 is 7.12 Å². The molecule has 94 valence electrons. The van der Waals surface area contributed by atoms with Gasteiger partial charge >= 0.3 is 7.12 Å². The van der Waals surface area contributed by atoms with Crippen LogP contribution in [0.25, 0.3) is 0 Å². The van der Waals surface area contributed by atoms with Crippen LogP contribution in [-0.2, 0) is 0 Å². The van der Waals surface area contributed by atoms with Crippen LogP contribution < -0.4 is 5.46 Å². The summed E-state index contributed by atoms with van der Waals surface area (Å²) in [5, 5.41) is 17.8. The quantitative estimate of drug-likeness (QED) is 0.723. The molecular weight excluding hydrogens is 199 g/mol. The molecule has 1 aromatic carbocycles. The summed E-state index contributed by atoms with van der Waals surface area (Å²) in [5.74, 6) is 0. The molecule has 0 radical (unpaired) electrons. The first-order valence-corrected chi connectivity index (χ1v) is 5.55. The maximum absolute atomic E-state index is 8.88. The Hall–Kier alpha value is -0.795. The molecule has 3 heteroatoms. The van der Waals surface area contributed by atoms with Gasteiger partial charge < -0.3 is 10.0 Å². The molecule has 0 fully saturated rings. The first-order chi connectivity index (χ1) is 7.13. The Morgan fingerprint density at radius 1 is 0.938 bits per heavy atom. The van der Waals surface area contributed by atoms with Gasteiger partial charge in [-0.2, -0.15) is 0 Å². The molecule has 0 atom stereocenters. The average Bonchev–Trinajstić information content (AvgIpc) is 2.27. The summed E-state index contributed by atoms with van der Waals surface area (Å²) in [6, 6.07) is 5.48. The summed E-state index contributed by atoms with van der Waals surface area (Å²) >= 11 is 0. The first kappa shape index (κ1) is 20.6. The van der Waals surface area contributed by atoms with E-state index >= 15 is 0 Å². The number of aryl methyl sites for hydroxylation is 1. The monoisotopic (exact) mass is 226 g/mol.